The minimum atomic E-state index is -0.0178. The lowest BCUT2D eigenvalue weighted by Gasteiger charge is -2.23. The predicted molar refractivity (Wildman–Crippen MR) is 131 cm³/mol. The van der Waals surface area contributed by atoms with E-state index in [0.29, 0.717) is 25.2 Å². The summed E-state index contributed by atoms with van der Waals surface area (Å²) in [5.74, 6) is 1.57. The lowest BCUT2D eigenvalue weighted by molar-refractivity contribution is -0.121. The Hall–Kier alpha value is -3.30. The van der Waals surface area contributed by atoms with Crippen molar-refractivity contribution in [2.24, 2.45) is 0 Å². The molecule has 0 bridgehead atoms. The van der Waals surface area contributed by atoms with Gasteiger partial charge in [0.1, 0.15) is 18.2 Å². The van der Waals surface area contributed by atoms with Gasteiger partial charge in [-0.1, -0.05) is 18.2 Å². The van der Waals surface area contributed by atoms with Crippen LogP contribution in [0.4, 0.5) is 0 Å². The van der Waals surface area contributed by atoms with Gasteiger partial charge in [-0.05, 0) is 48.7 Å². The molecule has 1 atom stereocenters. The molecule has 4 heterocycles. The maximum atomic E-state index is 12.6. The Labute approximate surface area is 202 Å². The van der Waals surface area contributed by atoms with Crippen molar-refractivity contribution >= 4 is 23.0 Å². The summed E-state index contributed by atoms with van der Waals surface area (Å²) in [5, 5.41) is 11.5. The molecule has 1 N–H and O–H groups in total. The maximum absolute atomic E-state index is 12.6. The number of nitrogens with one attached hydrogen (secondary N) is 1. The number of benzene rings is 1. The first-order valence-corrected chi connectivity index (χ1v) is 12.4. The van der Waals surface area contributed by atoms with Gasteiger partial charge in [0, 0.05) is 55.1 Å². The smallest absolute Gasteiger partial charge is 0.252 e. The monoisotopic (exact) mass is 476 g/mol. The fourth-order valence-electron chi connectivity index (χ4n) is 4.48. The van der Waals surface area contributed by atoms with Crippen LogP contribution in [-0.4, -0.2) is 50.0 Å². The molecule has 0 saturated heterocycles. The van der Waals surface area contributed by atoms with Gasteiger partial charge in [-0.25, -0.2) is 9.50 Å². The van der Waals surface area contributed by atoms with E-state index in [9.17, 15) is 4.79 Å². The van der Waals surface area contributed by atoms with Crippen LogP contribution in [0.5, 0.6) is 5.75 Å². The summed E-state index contributed by atoms with van der Waals surface area (Å²) >= 11 is 1.68. The first kappa shape index (κ1) is 22.5. The second kappa shape index (κ2) is 9.90. The number of rotatable bonds is 7. The van der Waals surface area contributed by atoms with Crippen LogP contribution in [0.15, 0.2) is 47.4 Å². The lowest BCUT2D eigenvalue weighted by Crippen LogP contribution is -2.36. The number of hydrogen-bond donors (Lipinski definition) is 1. The normalized spacial score (nSPS) is 16.1. The third-order valence-corrected chi connectivity index (χ3v) is 7.02. The SMILES string of the molecule is Cc1nc2ncnn2c(C)c1CCC(=O)NCCN1Cc2ccccc2O[C@@H](c2ccsc2)C1. The third-order valence-electron chi connectivity index (χ3n) is 6.32. The van der Waals surface area contributed by atoms with Gasteiger partial charge >= 0.3 is 0 Å². The maximum Gasteiger partial charge on any atom is 0.252 e. The lowest BCUT2D eigenvalue weighted by atomic mass is 10.1. The number of ether oxygens (including phenoxy) is 1. The molecule has 4 aromatic rings. The second-order valence-corrected chi connectivity index (χ2v) is 9.37. The number of aryl methyl sites for hydroxylation is 2. The van der Waals surface area contributed by atoms with Crippen molar-refractivity contribution in [1.82, 2.24) is 29.8 Å². The minimum absolute atomic E-state index is 0.0178. The molecular formula is C25H28N6O2S. The molecule has 0 spiro atoms. The van der Waals surface area contributed by atoms with Crippen LogP contribution < -0.4 is 10.1 Å². The molecule has 1 aliphatic rings. The summed E-state index contributed by atoms with van der Waals surface area (Å²) < 4.78 is 8.08. The number of aromatic nitrogens is 4. The predicted octanol–water partition coefficient (Wildman–Crippen LogP) is 3.49. The summed E-state index contributed by atoms with van der Waals surface area (Å²) in [7, 11) is 0. The van der Waals surface area contributed by atoms with E-state index >= 15 is 0 Å². The average molecular weight is 477 g/mol. The van der Waals surface area contributed by atoms with Crippen molar-refractivity contribution in [2.45, 2.75) is 39.3 Å². The quantitative estimate of drug-likeness (QED) is 0.440. The van der Waals surface area contributed by atoms with Gasteiger partial charge in [0.25, 0.3) is 5.78 Å². The summed E-state index contributed by atoms with van der Waals surface area (Å²) in [5.41, 5.74) is 5.30. The van der Waals surface area contributed by atoms with Crippen LogP contribution in [0.25, 0.3) is 5.78 Å². The number of thiophene rings is 1. The average Bonchev–Trinajstić information content (AvgIpc) is 3.49. The topological polar surface area (TPSA) is 84.6 Å². The Bertz CT molecular complexity index is 1290. The molecule has 34 heavy (non-hydrogen) atoms. The van der Waals surface area contributed by atoms with Crippen LogP contribution in [0, 0.1) is 13.8 Å². The Morgan fingerprint density at radius 2 is 2.15 bits per heavy atom. The highest BCUT2D eigenvalue weighted by Crippen LogP contribution is 2.31. The molecule has 1 aliphatic heterocycles. The number of nitrogens with zero attached hydrogens (tertiary/aromatic N) is 5. The van der Waals surface area contributed by atoms with E-state index in [-0.39, 0.29) is 12.0 Å². The molecular weight excluding hydrogens is 448 g/mol. The fourth-order valence-corrected chi connectivity index (χ4v) is 5.18. The molecule has 3 aromatic heterocycles. The van der Waals surface area contributed by atoms with Gasteiger partial charge in [-0.3, -0.25) is 9.69 Å². The largest absolute Gasteiger partial charge is 0.484 e. The van der Waals surface area contributed by atoms with Crippen molar-refractivity contribution < 1.29 is 9.53 Å². The zero-order valence-corrected chi connectivity index (χ0v) is 20.2. The molecule has 1 amide bonds. The highest BCUT2D eigenvalue weighted by Gasteiger charge is 2.24. The van der Waals surface area contributed by atoms with Crippen molar-refractivity contribution in [3.63, 3.8) is 0 Å². The molecule has 1 aromatic carbocycles. The highest BCUT2D eigenvalue weighted by molar-refractivity contribution is 7.07. The van der Waals surface area contributed by atoms with Crippen molar-refractivity contribution in [1.29, 1.82) is 0 Å². The van der Waals surface area contributed by atoms with Gasteiger partial charge in [0.15, 0.2) is 0 Å². The number of amides is 1. The van der Waals surface area contributed by atoms with Crippen molar-refractivity contribution in [3.05, 3.63) is 75.5 Å². The van der Waals surface area contributed by atoms with Crippen LogP contribution in [0.3, 0.4) is 0 Å². The van der Waals surface area contributed by atoms with Gasteiger partial charge in [0.05, 0.1) is 0 Å². The summed E-state index contributed by atoms with van der Waals surface area (Å²) in [6.07, 6.45) is 2.51. The minimum Gasteiger partial charge on any atom is -0.484 e. The Morgan fingerprint density at radius 3 is 3.00 bits per heavy atom. The molecule has 0 unspecified atom stereocenters. The molecule has 0 saturated carbocycles. The third kappa shape index (κ3) is 4.80. The number of para-hydroxylation sites is 1. The standard InChI is InChI=1S/C25H28N6O2S/c1-17-21(18(2)31-25(29-17)27-16-28-31)7-8-24(32)26-10-11-30-13-19-5-3-4-6-22(19)33-23(14-30)20-9-12-34-15-20/h3-6,9,12,15-16,23H,7-8,10-11,13-14H2,1-2H3,(H,26,32)/t23-/m1/s1. The number of hydrogen-bond acceptors (Lipinski definition) is 7. The first-order valence-electron chi connectivity index (χ1n) is 11.5. The van der Waals surface area contributed by atoms with E-state index in [1.54, 1.807) is 15.9 Å². The van der Waals surface area contributed by atoms with E-state index in [1.807, 2.05) is 32.0 Å². The molecule has 9 heteroatoms. The van der Waals surface area contributed by atoms with Crippen molar-refractivity contribution in [3.8, 4) is 5.75 Å². The second-order valence-electron chi connectivity index (χ2n) is 8.59. The van der Waals surface area contributed by atoms with Crippen LogP contribution >= 0.6 is 11.3 Å². The zero-order valence-electron chi connectivity index (χ0n) is 19.4. The zero-order chi connectivity index (χ0) is 23.5. The Kier molecular flexibility index (Phi) is 6.55. The van der Waals surface area contributed by atoms with Gasteiger partial charge in [0.2, 0.25) is 5.91 Å². The van der Waals surface area contributed by atoms with E-state index in [2.05, 4.69) is 48.2 Å². The van der Waals surface area contributed by atoms with Crippen LogP contribution in [0.1, 0.15) is 40.6 Å². The molecule has 0 radical (unpaired) electrons. The first-order chi connectivity index (χ1) is 16.6. The molecule has 0 fully saturated rings. The fraction of sp³-hybridized carbons (Fsp3) is 0.360. The summed E-state index contributed by atoms with van der Waals surface area (Å²) in [4.78, 5) is 23.6. The number of carbonyl (C=O) groups is 1. The Balaban J connectivity index is 1.18. The van der Waals surface area contributed by atoms with Crippen molar-refractivity contribution in [2.75, 3.05) is 19.6 Å². The number of carbonyl (C=O) groups excluding carboxylic acids is 1. The molecule has 176 valence electrons. The summed E-state index contributed by atoms with van der Waals surface area (Å²) in [6.45, 7) is 6.88. The molecule has 0 aliphatic carbocycles. The van der Waals surface area contributed by atoms with E-state index in [0.717, 1.165) is 42.3 Å². The van der Waals surface area contributed by atoms with Gasteiger partial charge < -0.3 is 10.1 Å². The molecule has 5 rings (SSSR count). The highest BCUT2D eigenvalue weighted by atomic mass is 32.1. The molecule has 8 nitrogen and oxygen atoms in total. The number of fused-ring (bicyclic) bond motifs is 2. The summed E-state index contributed by atoms with van der Waals surface area (Å²) in [6, 6.07) is 10.3. The van der Waals surface area contributed by atoms with Crippen LogP contribution in [-0.2, 0) is 17.8 Å². The van der Waals surface area contributed by atoms with E-state index in [1.165, 1.54) is 17.5 Å². The Morgan fingerprint density at radius 1 is 1.26 bits per heavy atom. The van der Waals surface area contributed by atoms with E-state index in [4.69, 9.17) is 4.74 Å². The van der Waals surface area contributed by atoms with E-state index < -0.39 is 0 Å². The van der Waals surface area contributed by atoms with Gasteiger partial charge in [-0.15, -0.1) is 0 Å². The van der Waals surface area contributed by atoms with Gasteiger partial charge in [-0.2, -0.15) is 21.4 Å². The van der Waals surface area contributed by atoms with Crippen LogP contribution in [0.2, 0.25) is 0 Å².